The van der Waals surface area contributed by atoms with Crippen LogP contribution in [0.5, 0.6) is 0 Å². The van der Waals surface area contributed by atoms with Crippen molar-refractivity contribution in [3.8, 4) is 0 Å². The predicted molar refractivity (Wildman–Crippen MR) is 75.3 cm³/mol. The Kier molecular flexibility index (Phi) is 4.55. The maximum Gasteiger partial charge on any atom is 0.335 e. The average molecular weight is 327 g/mol. The molecule has 5 nitrogen and oxygen atoms in total. The zero-order valence-corrected chi connectivity index (χ0v) is 11.9. The van der Waals surface area contributed by atoms with Gasteiger partial charge >= 0.3 is 5.97 Å². The predicted octanol–water partition coefficient (Wildman–Crippen LogP) is 2.09. The topological polar surface area (TPSA) is 78.4 Å². The molecule has 0 aliphatic carbocycles. The number of nitrogens with one attached hydrogen (secondary N) is 2. The Hall–Kier alpha value is -1.40. The largest absolute Gasteiger partial charge is 0.478 e. The molecule has 1 aromatic rings. The highest BCUT2D eigenvalue weighted by Gasteiger charge is 2.21. The van der Waals surface area contributed by atoms with Gasteiger partial charge in [0, 0.05) is 11.0 Å². The summed E-state index contributed by atoms with van der Waals surface area (Å²) in [6, 6.07) is 4.57. The summed E-state index contributed by atoms with van der Waals surface area (Å²) < 4.78 is 0.676. The van der Waals surface area contributed by atoms with Crippen molar-refractivity contribution >= 4 is 33.5 Å². The van der Waals surface area contributed by atoms with Crippen LogP contribution in [0.4, 0.5) is 5.69 Å². The third-order valence-corrected chi connectivity index (χ3v) is 3.83. The molecule has 6 heteroatoms. The summed E-state index contributed by atoms with van der Waals surface area (Å²) in [7, 11) is 0. The second kappa shape index (κ2) is 6.16. The highest BCUT2D eigenvalue weighted by Crippen LogP contribution is 2.25. The Balaban J connectivity index is 2.11. The van der Waals surface area contributed by atoms with Crippen molar-refractivity contribution in [3.05, 3.63) is 28.2 Å². The van der Waals surface area contributed by atoms with E-state index in [1.54, 1.807) is 6.07 Å². The van der Waals surface area contributed by atoms with Gasteiger partial charge in [-0.05, 0) is 53.5 Å². The number of carbonyl (C=O) groups is 2. The SMILES string of the molecule is O=C(O)c1ccc(Br)c(NC(=O)[C@H]2CCCNC2)c1. The summed E-state index contributed by atoms with van der Waals surface area (Å²) >= 11 is 3.31. The number of carbonyl (C=O) groups excluding carboxylic acids is 1. The van der Waals surface area contributed by atoms with Crippen LogP contribution in [0.3, 0.4) is 0 Å². The number of hydrogen-bond acceptors (Lipinski definition) is 3. The molecule has 1 aliphatic heterocycles. The highest BCUT2D eigenvalue weighted by atomic mass is 79.9. The minimum Gasteiger partial charge on any atom is -0.478 e. The van der Waals surface area contributed by atoms with E-state index in [4.69, 9.17) is 5.11 Å². The molecule has 1 fully saturated rings. The second-order valence-corrected chi connectivity index (χ2v) is 5.39. The number of amides is 1. The first-order valence-corrected chi connectivity index (χ1v) is 6.91. The van der Waals surface area contributed by atoms with Crippen LogP contribution >= 0.6 is 15.9 Å². The molecule has 0 aromatic heterocycles. The summed E-state index contributed by atoms with van der Waals surface area (Å²) in [5, 5.41) is 14.9. The van der Waals surface area contributed by atoms with Crippen molar-refractivity contribution in [2.45, 2.75) is 12.8 Å². The summed E-state index contributed by atoms with van der Waals surface area (Å²) in [5.41, 5.74) is 0.649. The molecule has 19 heavy (non-hydrogen) atoms. The second-order valence-electron chi connectivity index (χ2n) is 4.53. The van der Waals surface area contributed by atoms with E-state index in [2.05, 4.69) is 26.6 Å². The molecule has 0 spiro atoms. The lowest BCUT2D eigenvalue weighted by atomic mass is 9.99. The fourth-order valence-corrected chi connectivity index (χ4v) is 2.41. The molecular weight excluding hydrogens is 312 g/mol. The van der Waals surface area contributed by atoms with E-state index in [0.29, 0.717) is 16.7 Å². The first-order valence-electron chi connectivity index (χ1n) is 6.12. The third-order valence-electron chi connectivity index (χ3n) is 3.14. The average Bonchev–Trinajstić information content (AvgIpc) is 2.42. The third kappa shape index (κ3) is 3.54. The minimum atomic E-state index is -1.01. The summed E-state index contributed by atoms with van der Waals surface area (Å²) in [6.45, 7) is 1.62. The van der Waals surface area contributed by atoms with Crippen molar-refractivity contribution in [2.75, 3.05) is 18.4 Å². The Morgan fingerprint density at radius 3 is 2.84 bits per heavy atom. The van der Waals surface area contributed by atoms with Gasteiger partial charge in [-0.25, -0.2) is 4.79 Å². The number of aromatic carboxylic acids is 1. The number of carboxylic acid groups (broad SMARTS) is 1. The van der Waals surface area contributed by atoms with Gasteiger partial charge in [-0.3, -0.25) is 4.79 Å². The van der Waals surface area contributed by atoms with Crippen LogP contribution in [0.2, 0.25) is 0 Å². The van der Waals surface area contributed by atoms with Crippen LogP contribution in [0, 0.1) is 5.92 Å². The van der Waals surface area contributed by atoms with Gasteiger partial charge < -0.3 is 15.7 Å². The molecule has 1 heterocycles. The Morgan fingerprint density at radius 1 is 1.42 bits per heavy atom. The lowest BCUT2D eigenvalue weighted by Crippen LogP contribution is -2.37. The molecular formula is C13H15BrN2O3. The number of halogens is 1. The molecule has 1 aromatic carbocycles. The number of carboxylic acids is 1. The molecule has 3 N–H and O–H groups in total. The minimum absolute atomic E-state index is 0.0610. The number of rotatable bonds is 3. The zero-order chi connectivity index (χ0) is 13.8. The highest BCUT2D eigenvalue weighted by molar-refractivity contribution is 9.10. The van der Waals surface area contributed by atoms with Crippen LogP contribution in [0.25, 0.3) is 0 Å². The van der Waals surface area contributed by atoms with Crippen LogP contribution in [-0.2, 0) is 4.79 Å². The standard InChI is InChI=1S/C13H15BrN2O3/c14-10-4-3-8(13(18)19)6-11(10)16-12(17)9-2-1-5-15-7-9/h3-4,6,9,15H,1-2,5,7H2,(H,16,17)(H,18,19)/t9-/m0/s1. The summed E-state index contributed by atoms with van der Waals surface area (Å²) in [5.74, 6) is -1.15. The van der Waals surface area contributed by atoms with Crippen molar-refractivity contribution in [3.63, 3.8) is 0 Å². The number of benzene rings is 1. The van der Waals surface area contributed by atoms with Crippen molar-refractivity contribution in [1.29, 1.82) is 0 Å². The van der Waals surface area contributed by atoms with Gasteiger partial charge in [0.1, 0.15) is 0 Å². The van der Waals surface area contributed by atoms with E-state index in [9.17, 15) is 9.59 Å². The van der Waals surface area contributed by atoms with E-state index in [1.165, 1.54) is 12.1 Å². The van der Waals surface area contributed by atoms with Crippen molar-refractivity contribution in [1.82, 2.24) is 5.32 Å². The first-order chi connectivity index (χ1) is 9.08. The van der Waals surface area contributed by atoms with Gasteiger partial charge in [0.15, 0.2) is 0 Å². The Labute approximate surface area is 119 Å². The van der Waals surface area contributed by atoms with Gasteiger partial charge in [0.25, 0.3) is 0 Å². The van der Waals surface area contributed by atoms with E-state index in [0.717, 1.165) is 19.4 Å². The molecule has 2 rings (SSSR count). The molecule has 0 radical (unpaired) electrons. The normalized spacial score (nSPS) is 18.9. The zero-order valence-electron chi connectivity index (χ0n) is 10.3. The van der Waals surface area contributed by atoms with Gasteiger partial charge in [0.05, 0.1) is 17.2 Å². The molecule has 1 atom stereocenters. The van der Waals surface area contributed by atoms with Crippen LogP contribution < -0.4 is 10.6 Å². The van der Waals surface area contributed by atoms with E-state index in [-0.39, 0.29) is 17.4 Å². The smallest absolute Gasteiger partial charge is 0.335 e. The molecule has 1 saturated heterocycles. The number of hydrogen-bond donors (Lipinski definition) is 3. The summed E-state index contributed by atoms with van der Waals surface area (Å²) in [6.07, 6.45) is 1.84. The molecule has 1 amide bonds. The lowest BCUT2D eigenvalue weighted by Gasteiger charge is -2.22. The van der Waals surface area contributed by atoms with E-state index >= 15 is 0 Å². The quantitative estimate of drug-likeness (QED) is 0.794. The molecule has 0 unspecified atom stereocenters. The molecule has 1 aliphatic rings. The van der Waals surface area contributed by atoms with Crippen molar-refractivity contribution < 1.29 is 14.7 Å². The maximum absolute atomic E-state index is 12.1. The van der Waals surface area contributed by atoms with Crippen molar-refractivity contribution in [2.24, 2.45) is 5.92 Å². The Morgan fingerprint density at radius 2 is 2.21 bits per heavy atom. The summed E-state index contributed by atoms with van der Waals surface area (Å²) in [4.78, 5) is 23.0. The van der Waals surface area contributed by atoms with Gasteiger partial charge in [-0.15, -0.1) is 0 Å². The van der Waals surface area contributed by atoms with Gasteiger partial charge in [-0.2, -0.15) is 0 Å². The molecule has 0 saturated carbocycles. The molecule has 0 bridgehead atoms. The Bertz CT molecular complexity index is 499. The number of anilines is 1. The first kappa shape index (κ1) is 14.0. The number of piperidine rings is 1. The van der Waals surface area contributed by atoms with E-state index in [1.807, 2.05) is 0 Å². The van der Waals surface area contributed by atoms with Gasteiger partial charge in [-0.1, -0.05) is 0 Å². The van der Waals surface area contributed by atoms with Crippen LogP contribution in [-0.4, -0.2) is 30.1 Å². The molecule has 102 valence electrons. The fourth-order valence-electron chi connectivity index (χ4n) is 2.06. The monoisotopic (exact) mass is 326 g/mol. The lowest BCUT2D eigenvalue weighted by molar-refractivity contribution is -0.120. The van der Waals surface area contributed by atoms with Gasteiger partial charge in [0.2, 0.25) is 5.91 Å². The fraction of sp³-hybridized carbons (Fsp3) is 0.385. The maximum atomic E-state index is 12.1. The van der Waals surface area contributed by atoms with Crippen LogP contribution in [0.1, 0.15) is 23.2 Å². The van der Waals surface area contributed by atoms with Crippen LogP contribution in [0.15, 0.2) is 22.7 Å². The van der Waals surface area contributed by atoms with E-state index < -0.39 is 5.97 Å².